The molecule has 0 aliphatic rings. The fourth-order valence-electron chi connectivity index (χ4n) is 1.25. The SMILES string of the molecule is C=C[C](C)c1cc(Br)cc(OC(C)C)c1. The Morgan fingerprint density at radius 3 is 2.60 bits per heavy atom. The van der Waals surface area contributed by atoms with E-state index in [9.17, 15) is 0 Å². The van der Waals surface area contributed by atoms with Crippen molar-refractivity contribution in [3.8, 4) is 5.75 Å². The lowest BCUT2D eigenvalue weighted by atomic mass is 10.0. The summed E-state index contributed by atoms with van der Waals surface area (Å²) in [5.41, 5.74) is 1.13. The zero-order valence-electron chi connectivity index (χ0n) is 9.38. The molecular formula is C13H16BrO. The van der Waals surface area contributed by atoms with E-state index >= 15 is 0 Å². The molecule has 0 unspecified atom stereocenters. The van der Waals surface area contributed by atoms with Gasteiger partial charge < -0.3 is 4.74 Å². The zero-order valence-corrected chi connectivity index (χ0v) is 11.0. The van der Waals surface area contributed by atoms with E-state index in [1.54, 1.807) is 0 Å². The molecule has 1 nitrogen and oxygen atoms in total. The van der Waals surface area contributed by atoms with Crippen LogP contribution in [0.2, 0.25) is 0 Å². The Kier molecular flexibility index (Phi) is 4.40. The van der Waals surface area contributed by atoms with Gasteiger partial charge in [-0.05, 0) is 37.6 Å². The molecule has 0 heterocycles. The zero-order chi connectivity index (χ0) is 11.4. The molecule has 0 spiro atoms. The van der Waals surface area contributed by atoms with E-state index in [1.165, 1.54) is 0 Å². The number of benzene rings is 1. The summed E-state index contributed by atoms with van der Waals surface area (Å²) >= 11 is 3.47. The van der Waals surface area contributed by atoms with Gasteiger partial charge in [0.15, 0.2) is 0 Å². The average molecular weight is 268 g/mol. The van der Waals surface area contributed by atoms with Gasteiger partial charge in [0.05, 0.1) is 6.10 Å². The van der Waals surface area contributed by atoms with Crippen molar-refractivity contribution in [2.24, 2.45) is 0 Å². The minimum Gasteiger partial charge on any atom is -0.491 e. The summed E-state index contributed by atoms with van der Waals surface area (Å²) in [6.07, 6.45) is 2.04. The highest BCUT2D eigenvalue weighted by atomic mass is 79.9. The van der Waals surface area contributed by atoms with Crippen LogP contribution >= 0.6 is 15.9 Å². The van der Waals surface area contributed by atoms with Crippen LogP contribution in [-0.2, 0) is 0 Å². The first-order valence-electron chi connectivity index (χ1n) is 4.96. The van der Waals surface area contributed by atoms with Gasteiger partial charge in [-0.3, -0.25) is 0 Å². The Morgan fingerprint density at radius 2 is 2.07 bits per heavy atom. The van der Waals surface area contributed by atoms with Gasteiger partial charge in [-0.25, -0.2) is 0 Å². The third kappa shape index (κ3) is 3.71. The van der Waals surface area contributed by atoms with E-state index in [0.29, 0.717) is 0 Å². The first-order chi connectivity index (χ1) is 7.02. The van der Waals surface area contributed by atoms with Gasteiger partial charge in [-0.1, -0.05) is 28.9 Å². The standard InChI is InChI=1S/C13H16BrO/c1-5-10(4)11-6-12(14)8-13(7-11)15-9(2)3/h5-9H,1H2,2-4H3. The summed E-state index contributed by atoms with van der Waals surface area (Å²) in [4.78, 5) is 0. The van der Waals surface area contributed by atoms with Gasteiger partial charge in [-0.15, -0.1) is 6.58 Å². The lowest BCUT2D eigenvalue weighted by molar-refractivity contribution is 0.242. The van der Waals surface area contributed by atoms with Gasteiger partial charge in [0.2, 0.25) is 0 Å². The smallest absolute Gasteiger partial charge is 0.121 e. The molecule has 1 rings (SSSR count). The lowest BCUT2D eigenvalue weighted by Crippen LogP contribution is -2.06. The molecule has 0 saturated heterocycles. The Hall–Kier alpha value is -0.760. The molecule has 0 aliphatic heterocycles. The van der Waals surface area contributed by atoms with Crippen LogP contribution in [0.4, 0.5) is 0 Å². The maximum Gasteiger partial charge on any atom is 0.121 e. The number of hydrogen-bond donors (Lipinski definition) is 0. The van der Waals surface area contributed by atoms with Gasteiger partial charge in [0.1, 0.15) is 5.75 Å². The van der Waals surface area contributed by atoms with E-state index in [2.05, 4.69) is 28.6 Å². The number of hydrogen-bond acceptors (Lipinski definition) is 1. The third-order valence-electron chi connectivity index (χ3n) is 2.00. The molecule has 0 aliphatic carbocycles. The second-order valence-electron chi connectivity index (χ2n) is 3.73. The number of allylic oxidation sites excluding steroid dienone is 1. The summed E-state index contributed by atoms with van der Waals surface area (Å²) < 4.78 is 6.68. The highest BCUT2D eigenvalue weighted by Crippen LogP contribution is 2.26. The summed E-state index contributed by atoms with van der Waals surface area (Å²) in [7, 11) is 0. The van der Waals surface area contributed by atoms with Crippen molar-refractivity contribution >= 4 is 15.9 Å². The van der Waals surface area contributed by atoms with Crippen molar-refractivity contribution < 1.29 is 4.74 Å². The maximum atomic E-state index is 5.65. The normalized spacial score (nSPS) is 10.8. The molecule has 81 valence electrons. The van der Waals surface area contributed by atoms with Crippen molar-refractivity contribution in [1.29, 1.82) is 0 Å². The number of halogens is 1. The summed E-state index contributed by atoms with van der Waals surface area (Å²) in [6, 6.07) is 6.06. The Bertz CT molecular complexity index is 344. The van der Waals surface area contributed by atoms with Crippen molar-refractivity contribution in [2.75, 3.05) is 0 Å². The molecule has 0 bridgehead atoms. The monoisotopic (exact) mass is 267 g/mol. The Balaban J connectivity index is 2.99. The van der Waals surface area contributed by atoms with Crippen LogP contribution in [0.5, 0.6) is 5.75 Å². The minimum absolute atomic E-state index is 0.191. The molecule has 1 aromatic rings. The van der Waals surface area contributed by atoms with Crippen LogP contribution in [0.15, 0.2) is 35.3 Å². The first-order valence-corrected chi connectivity index (χ1v) is 5.76. The molecule has 0 N–H and O–H groups in total. The molecule has 1 radical (unpaired) electrons. The predicted octanol–water partition coefficient (Wildman–Crippen LogP) is 4.36. The highest BCUT2D eigenvalue weighted by molar-refractivity contribution is 9.10. The van der Waals surface area contributed by atoms with Crippen molar-refractivity contribution in [2.45, 2.75) is 26.9 Å². The molecule has 0 aromatic heterocycles. The average Bonchev–Trinajstić information content (AvgIpc) is 2.14. The van der Waals surface area contributed by atoms with Crippen LogP contribution in [0.1, 0.15) is 26.3 Å². The molecular weight excluding hydrogens is 252 g/mol. The molecule has 2 heteroatoms. The predicted molar refractivity (Wildman–Crippen MR) is 68.1 cm³/mol. The van der Waals surface area contributed by atoms with Crippen LogP contribution in [-0.4, -0.2) is 6.10 Å². The fourth-order valence-corrected chi connectivity index (χ4v) is 1.72. The highest BCUT2D eigenvalue weighted by Gasteiger charge is 2.06. The molecule has 15 heavy (non-hydrogen) atoms. The van der Waals surface area contributed by atoms with Crippen molar-refractivity contribution in [3.63, 3.8) is 0 Å². The minimum atomic E-state index is 0.191. The van der Waals surface area contributed by atoms with E-state index in [-0.39, 0.29) is 6.10 Å². The summed E-state index contributed by atoms with van der Waals surface area (Å²) in [6.45, 7) is 9.84. The number of ether oxygens (including phenoxy) is 1. The number of rotatable bonds is 4. The van der Waals surface area contributed by atoms with E-state index in [1.807, 2.05) is 39.0 Å². The summed E-state index contributed by atoms with van der Waals surface area (Å²) in [5, 5.41) is 0. The maximum absolute atomic E-state index is 5.65. The van der Waals surface area contributed by atoms with Crippen molar-refractivity contribution in [1.82, 2.24) is 0 Å². The molecule has 0 saturated carbocycles. The molecule has 0 fully saturated rings. The Labute approximate surface area is 100 Å². The van der Waals surface area contributed by atoms with E-state index in [0.717, 1.165) is 21.7 Å². The largest absolute Gasteiger partial charge is 0.491 e. The van der Waals surface area contributed by atoms with Crippen LogP contribution in [0.25, 0.3) is 0 Å². The second-order valence-corrected chi connectivity index (χ2v) is 4.65. The first kappa shape index (κ1) is 12.3. The lowest BCUT2D eigenvalue weighted by Gasteiger charge is -2.13. The van der Waals surface area contributed by atoms with Gasteiger partial charge in [0, 0.05) is 10.4 Å². The van der Waals surface area contributed by atoms with Gasteiger partial charge in [-0.2, -0.15) is 0 Å². The molecule has 1 aromatic carbocycles. The Morgan fingerprint density at radius 1 is 1.40 bits per heavy atom. The molecule has 0 atom stereocenters. The van der Waals surface area contributed by atoms with E-state index < -0.39 is 0 Å². The van der Waals surface area contributed by atoms with Crippen LogP contribution < -0.4 is 4.74 Å². The quantitative estimate of drug-likeness (QED) is 0.788. The van der Waals surface area contributed by atoms with Gasteiger partial charge in [0.25, 0.3) is 0 Å². The van der Waals surface area contributed by atoms with Crippen molar-refractivity contribution in [3.05, 3.63) is 46.8 Å². The fraction of sp³-hybridized carbons (Fsp3) is 0.308. The third-order valence-corrected chi connectivity index (χ3v) is 2.46. The topological polar surface area (TPSA) is 9.23 Å². The van der Waals surface area contributed by atoms with E-state index in [4.69, 9.17) is 4.74 Å². The summed E-state index contributed by atoms with van der Waals surface area (Å²) in [5.74, 6) is 2.03. The second kappa shape index (κ2) is 5.36. The van der Waals surface area contributed by atoms with Crippen LogP contribution in [0, 0.1) is 5.92 Å². The van der Waals surface area contributed by atoms with Gasteiger partial charge >= 0.3 is 0 Å². The van der Waals surface area contributed by atoms with Crippen LogP contribution in [0.3, 0.4) is 0 Å². The molecule has 0 amide bonds.